The number of rotatable bonds is 5. The monoisotopic (exact) mass is 363 g/mol. The van der Waals surface area contributed by atoms with Crippen LogP contribution in [0.3, 0.4) is 0 Å². The van der Waals surface area contributed by atoms with Crippen LogP contribution in [0.25, 0.3) is 0 Å². The van der Waals surface area contributed by atoms with Crippen molar-refractivity contribution in [3.05, 3.63) is 52.3 Å². The predicted molar refractivity (Wildman–Crippen MR) is 86.5 cm³/mol. The third kappa shape index (κ3) is 3.82. The number of carbonyl (C=O) groups is 1. The van der Waals surface area contributed by atoms with Crippen LogP contribution in [0.15, 0.2) is 46.2 Å². The summed E-state index contributed by atoms with van der Waals surface area (Å²) in [5.74, 6) is 0.833. The van der Waals surface area contributed by atoms with Crippen molar-refractivity contribution in [2.75, 3.05) is 14.2 Å². The highest BCUT2D eigenvalue weighted by molar-refractivity contribution is 9.10. The number of hydrogen-bond acceptors (Lipinski definition) is 5. The predicted octanol–water partition coefficient (Wildman–Crippen LogP) is 2.63. The van der Waals surface area contributed by atoms with Gasteiger partial charge in [-0.2, -0.15) is 5.10 Å². The van der Waals surface area contributed by atoms with E-state index < -0.39 is 0 Å². The normalized spacial score (nSPS) is 10.5. The van der Waals surface area contributed by atoms with Gasteiger partial charge in [-0.3, -0.25) is 9.78 Å². The average Bonchev–Trinajstić information content (AvgIpc) is 2.55. The summed E-state index contributed by atoms with van der Waals surface area (Å²) in [6, 6.07) is 6.90. The topological polar surface area (TPSA) is 72.8 Å². The Morgan fingerprint density at radius 1 is 1.36 bits per heavy atom. The molecule has 0 bridgehead atoms. The Bertz CT molecular complexity index is 690. The molecule has 1 heterocycles. The first-order chi connectivity index (χ1) is 10.7. The summed E-state index contributed by atoms with van der Waals surface area (Å²) in [5, 5.41) is 3.92. The number of methoxy groups -OCH3 is 2. The molecule has 114 valence electrons. The second-order valence-corrected chi connectivity index (χ2v) is 5.03. The van der Waals surface area contributed by atoms with E-state index in [-0.39, 0.29) is 5.91 Å². The molecule has 1 aromatic heterocycles. The molecule has 7 heteroatoms. The van der Waals surface area contributed by atoms with Gasteiger partial charge in [0.05, 0.1) is 30.5 Å². The maximum atomic E-state index is 11.8. The van der Waals surface area contributed by atoms with E-state index in [2.05, 4.69) is 31.4 Å². The molecule has 0 aliphatic rings. The highest BCUT2D eigenvalue weighted by Gasteiger charge is 2.09. The minimum Gasteiger partial charge on any atom is -0.493 e. The van der Waals surface area contributed by atoms with Crippen molar-refractivity contribution in [2.45, 2.75) is 0 Å². The van der Waals surface area contributed by atoms with Gasteiger partial charge in [-0.25, -0.2) is 5.43 Å². The van der Waals surface area contributed by atoms with Gasteiger partial charge in [-0.15, -0.1) is 0 Å². The Kier molecular flexibility index (Phi) is 5.48. The van der Waals surface area contributed by atoms with Crippen molar-refractivity contribution in [1.29, 1.82) is 0 Å². The largest absolute Gasteiger partial charge is 0.493 e. The Hall–Kier alpha value is -2.41. The van der Waals surface area contributed by atoms with Gasteiger partial charge in [0, 0.05) is 12.4 Å². The van der Waals surface area contributed by atoms with Crippen LogP contribution in [0.2, 0.25) is 0 Å². The van der Waals surface area contributed by atoms with Crippen LogP contribution >= 0.6 is 15.9 Å². The van der Waals surface area contributed by atoms with Crippen molar-refractivity contribution in [1.82, 2.24) is 10.4 Å². The number of nitrogens with one attached hydrogen (secondary N) is 1. The number of nitrogens with zero attached hydrogens (tertiary/aromatic N) is 2. The van der Waals surface area contributed by atoms with E-state index in [0.29, 0.717) is 17.1 Å². The summed E-state index contributed by atoms with van der Waals surface area (Å²) < 4.78 is 11.2. The summed E-state index contributed by atoms with van der Waals surface area (Å²) in [6.07, 6.45) is 4.58. The number of amides is 1. The number of ether oxygens (including phenoxy) is 2. The van der Waals surface area contributed by atoms with E-state index in [9.17, 15) is 4.79 Å². The molecule has 1 amide bonds. The van der Waals surface area contributed by atoms with E-state index in [0.717, 1.165) is 10.0 Å². The smallest absolute Gasteiger partial charge is 0.272 e. The molecule has 22 heavy (non-hydrogen) atoms. The maximum Gasteiger partial charge on any atom is 0.272 e. The zero-order valence-electron chi connectivity index (χ0n) is 12.0. The van der Waals surface area contributed by atoms with E-state index in [1.165, 1.54) is 12.4 Å². The zero-order valence-corrected chi connectivity index (χ0v) is 13.6. The molecule has 6 nitrogen and oxygen atoms in total. The molecule has 2 rings (SSSR count). The molecule has 0 saturated heterocycles. The second kappa shape index (κ2) is 7.56. The molecule has 0 radical (unpaired) electrons. The van der Waals surface area contributed by atoms with E-state index in [1.54, 1.807) is 44.7 Å². The van der Waals surface area contributed by atoms with Crippen molar-refractivity contribution < 1.29 is 14.3 Å². The molecule has 0 aliphatic carbocycles. The Morgan fingerprint density at radius 2 is 2.18 bits per heavy atom. The Balaban J connectivity index is 2.10. The fourth-order valence-corrected chi connectivity index (χ4v) is 2.36. The van der Waals surface area contributed by atoms with Gasteiger partial charge >= 0.3 is 0 Å². The third-order valence-electron chi connectivity index (χ3n) is 2.76. The molecule has 0 spiro atoms. The lowest BCUT2D eigenvalue weighted by atomic mass is 10.2. The number of carbonyl (C=O) groups excluding carboxylic acids is 1. The number of halogens is 1. The molecular weight excluding hydrogens is 350 g/mol. The van der Waals surface area contributed by atoms with Gasteiger partial charge in [-0.05, 0) is 45.8 Å². The minimum atomic E-state index is -0.330. The molecule has 0 atom stereocenters. The number of hydrogen-bond donors (Lipinski definition) is 1. The van der Waals surface area contributed by atoms with Crippen LogP contribution in [-0.2, 0) is 0 Å². The van der Waals surface area contributed by atoms with Crippen molar-refractivity contribution in [3.8, 4) is 11.5 Å². The SMILES string of the molecule is COc1cc(/C=N\NC(=O)c2cccnc2)cc(Br)c1OC. The number of aromatic nitrogens is 1. The molecule has 0 unspecified atom stereocenters. The molecule has 1 N–H and O–H groups in total. The van der Waals surface area contributed by atoms with Crippen LogP contribution in [0.4, 0.5) is 0 Å². The summed E-state index contributed by atoms with van der Waals surface area (Å²) in [5.41, 5.74) is 3.62. The molecule has 0 aliphatic heterocycles. The third-order valence-corrected chi connectivity index (χ3v) is 3.35. The highest BCUT2D eigenvalue weighted by atomic mass is 79.9. The molecule has 0 fully saturated rings. The lowest BCUT2D eigenvalue weighted by Crippen LogP contribution is -2.17. The fourth-order valence-electron chi connectivity index (χ4n) is 1.74. The van der Waals surface area contributed by atoms with Gasteiger partial charge in [0.1, 0.15) is 0 Å². The lowest BCUT2D eigenvalue weighted by Gasteiger charge is -2.10. The van der Waals surface area contributed by atoms with Crippen molar-refractivity contribution >= 4 is 28.1 Å². The van der Waals surface area contributed by atoms with E-state index >= 15 is 0 Å². The van der Waals surface area contributed by atoms with Crippen molar-refractivity contribution in [3.63, 3.8) is 0 Å². The lowest BCUT2D eigenvalue weighted by molar-refractivity contribution is 0.0955. The molecular formula is C15H14BrN3O3. The zero-order chi connectivity index (χ0) is 15.9. The Morgan fingerprint density at radius 3 is 2.82 bits per heavy atom. The standard InChI is InChI=1S/C15H14BrN3O3/c1-21-13-7-10(6-12(16)14(13)22-2)8-18-19-15(20)11-4-3-5-17-9-11/h3-9H,1-2H3,(H,19,20)/b18-8-. The fraction of sp³-hybridized carbons (Fsp3) is 0.133. The Labute approximate surface area is 136 Å². The van der Waals surface area contributed by atoms with Crippen LogP contribution in [0.5, 0.6) is 11.5 Å². The van der Waals surface area contributed by atoms with Crippen LogP contribution in [-0.4, -0.2) is 31.3 Å². The summed E-state index contributed by atoms with van der Waals surface area (Å²) in [6.45, 7) is 0. The van der Waals surface area contributed by atoms with Crippen LogP contribution < -0.4 is 14.9 Å². The number of hydrazone groups is 1. The van der Waals surface area contributed by atoms with Gasteiger partial charge in [0.25, 0.3) is 5.91 Å². The number of pyridine rings is 1. The van der Waals surface area contributed by atoms with Gasteiger partial charge < -0.3 is 9.47 Å². The van der Waals surface area contributed by atoms with Gasteiger partial charge in [0.2, 0.25) is 0 Å². The summed E-state index contributed by atoms with van der Waals surface area (Å²) >= 11 is 3.39. The maximum absolute atomic E-state index is 11.8. The van der Waals surface area contributed by atoms with Gasteiger partial charge in [-0.1, -0.05) is 0 Å². The van der Waals surface area contributed by atoms with Gasteiger partial charge in [0.15, 0.2) is 11.5 Å². The molecule has 1 aromatic carbocycles. The first-order valence-electron chi connectivity index (χ1n) is 6.30. The first kappa shape index (κ1) is 16.0. The van der Waals surface area contributed by atoms with Crippen LogP contribution in [0, 0.1) is 0 Å². The van der Waals surface area contributed by atoms with Crippen molar-refractivity contribution in [2.24, 2.45) is 5.10 Å². The van der Waals surface area contributed by atoms with E-state index in [4.69, 9.17) is 9.47 Å². The molecule has 2 aromatic rings. The first-order valence-corrected chi connectivity index (χ1v) is 7.10. The molecule has 0 saturated carbocycles. The second-order valence-electron chi connectivity index (χ2n) is 4.18. The summed E-state index contributed by atoms with van der Waals surface area (Å²) in [4.78, 5) is 15.7. The average molecular weight is 364 g/mol. The summed E-state index contributed by atoms with van der Waals surface area (Å²) in [7, 11) is 3.11. The number of benzene rings is 1. The highest BCUT2D eigenvalue weighted by Crippen LogP contribution is 2.35. The quantitative estimate of drug-likeness (QED) is 0.654. The van der Waals surface area contributed by atoms with E-state index in [1.807, 2.05) is 0 Å². The van der Waals surface area contributed by atoms with Crippen LogP contribution in [0.1, 0.15) is 15.9 Å². The minimum absolute atomic E-state index is 0.330.